The maximum atomic E-state index is 10.2. The molecule has 0 aliphatic rings. The molecule has 0 saturated heterocycles. The van der Waals surface area contributed by atoms with Gasteiger partial charge in [0.25, 0.3) is 0 Å². The molecule has 13 heavy (non-hydrogen) atoms. The molecule has 1 rings (SSSR count). The fourth-order valence-corrected chi connectivity index (χ4v) is 1.13. The summed E-state index contributed by atoms with van der Waals surface area (Å²) in [6.45, 7) is 2.74. The van der Waals surface area contributed by atoms with Crippen LogP contribution in [0.2, 0.25) is 0 Å². The Bertz CT molecular complexity index is 281. The molecule has 1 aromatic heterocycles. The van der Waals surface area contributed by atoms with Crippen molar-refractivity contribution in [3.63, 3.8) is 0 Å². The van der Waals surface area contributed by atoms with Crippen LogP contribution in [0.4, 0.5) is 0 Å². The Kier molecular flexibility index (Phi) is 3.49. The molecule has 0 aliphatic heterocycles. The molecular formula is C9H13N2O2. The van der Waals surface area contributed by atoms with Crippen molar-refractivity contribution in [2.45, 2.75) is 32.7 Å². The Morgan fingerprint density at radius 2 is 2.46 bits per heavy atom. The molecule has 0 bridgehead atoms. The summed E-state index contributed by atoms with van der Waals surface area (Å²) in [4.78, 5) is 14.2. The van der Waals surface area contributed by atoms with E-state index in [1.807, 2.05) is 11.5 Å². The monoisotopic (exact) mass is 181 g/mol. The van der Waals surface area contributed by atoms with Crippen LogP contribution in [0, 0.1) is 13.1 Å². The van der Waals surface area contributed by atoms with Crippen LogP contribution in [0.5, 0.6) is 0 Å². The predicted octanol–water partition coefficient (Wildman–Crippen LogP) is 1.25. The van der Waals surface area contributed by atoms with Gasteiger partial charge in [-0.3, -0.25) is 4.79 Å². The second-order valence-corrected chi connectivity index (χ2v) is 2.96. The van der Waals surface area contributed by atoms with Crippen molar-refractivity contribution in [1.29, 1.82) is 0 Å². The first-order valence-corrected chi connectivity index (χ1v) is 4.32. The van der Waals surface area contributed by atoms with Gasteiger partial charge in [-0.1, -0.05) is 0 Å². The maximum absolute atomic E-state index is 10.2. The van der Waals surface area contributed by atoms with Crippen molar-refractivity contribution in [3.05, 3.63) is 18.2 Å². The summed E-state index contributed by atoms with van der Waals surface area (Å²) in [6.07, 6.45) is 6.37. The number of hydrogen-bond acceptors (Lipinski definition) is 2. The molecule has 0 aromatic carbocycles. The Morgan fingerprint density at radius 3 is 3.00 bits per heavy atom. The van der Waals surface area contributed by atoms with E-state index in [4.69, 9.17) is 5.11 Å². The second-order valence-electron chi connectivity index (χ2n) is 2.96. The predicted molar refractivity (Wildman–Crippen MR) is 47.3 cm³/mol. The number of aliphatic carboxylic acids is 1. The van der Waals surface area contributed by atoms with Gasteiger partial charge in [0.05, 0.1) is 0 Å². The number of carboxylic acids is 1. The molecule has 0 unspecified atom stereocenters. The highest BCUT2D eigenvalue weighted by atomic mass is 16.4. The highest BCUT2D eigenvalue weighted by Gasteiger charge is 1.98. The lowest BCUT2D eigenvalue weighted by Crippen LogP contribution is -2.01. The fourth-order valence-electron chi connectivity index (χ4n) is 1.13. The standard InChI is InChI=1S/C9H13N2O2/c1-8-10-5-7-11(8)6-3-2-4-9(12)13/h7H,2-4,6H2,1H3,(H,12,13). The van der Waals surface area contributed by atoms with Crippen LogP contribution in [0.1, 0.15) is 25.1 Å². The van der Waals surface area contributed by atoms with Crippen LogP contribution in [0.15, 0.2) is 6.20 Å². The van der Waals surface area contributed by atoms with Crippen LogP contribution in [0.25, 0.3) is 0 Å². The van der Waals surface area contributed by atoms with E-state index in [1.165, 1.54) is 0 Å². The van der Waals surface area contributed by atoms with Gasteiger partial charge in [0, 0.05) is 19.2 Å². The SMILES string of the molecule is Cc1n[c]cn1CCCCC(=O)O. The lowest BCUT2D eigenvalue weighted by molar-refractivity contribution is -0.137. The summed E-state index contributed by atoms with van der Waals surface area (Å²) in [7, 11) is 0. The Morgan fingerprint density at radius 1 is 1.69 bits per heavy atom. The number of hydrogen-bond donors (Lipinski definition) is 1. The van der Waals surface area contributed by atoms with E-state index >= 15 is 0 Å². The van der Waals surface area contributed by atoms with E-state index in [0.29, 0.717) is 6.42 Å². The van der Waals surface area contributed by atoms with Gasteiger partial charge in [-0.25, -0.2) is 4.98 Å². The molecule has 1 radical (unpaired) electrons. The molecule has 0 aliphatic carbocycles. The molecule has 1 aromatic rings. The minimum atomic E-state index is -0.728. The highest BCUT2D eigenvalue weighted by molar-refractivity contribution is 5.66. The van der Waals surface area contributed by atoms with Gasteiger partial charge in [0.2, 0.25) is 0 Å². The van der Waals surface area contributed by atoms with Gasteiger partial charge in [0.15, 0.2) is 0 Å². The molecule has 0 atom stereocenters. The van der Waals surface area contributed by atoms with Crippen molar-refractivity contribution >= 4 is 5.97 Å². The van der Waals surface area contributed by atoms with Crippen LogP contribution >= 0.6 is 0 Å². The summed E-state index contributed by atoms with van der Waals surface area (Å²) >= 11 is 0. The normalized spacial score (nSPS) is 10.2. The molecule has 0 spiro atoms. The fraction of sp³-hybridized carbons (Fsp3) is 0.556. The lowest BCUT2D eigenvalue weighted by Gasteiger charge is -2.02. The average molecular weight is 181 g/mol. The highest BCUT2D eigenvalue weighted by Crippen LogP contribution is 2.01. The van der Waals surface area contributed by atoms with Crippen molar-refractivity contribution < 1.29 is 9.90 Å². The molecule has 4 heteroatoms. The van der Waals surface area contributed by atoms with Gasteiger partial charge in [0.1, 0.15) is 12.0 Å². The zero-order valence-corrected chi connectivity index (χ0v) is 7.66. The number of carbonyl (C=O) groups is 1. The van der Waals surface area contributed by atoms with E-state index in [0.717, 1.165) is 18.8 Å². The minimum Gasteiger partial charge on any atom is -0.481 e. The number of unbranched alkanes of at least 4 members (excludes halogenated alkanes) is 1. The molecule has 1 heterocycles. The van der Waals surface area contributed by atoms with Gasteiger partial charge >= 0.3 is 5.97 Å². The topological polar surface area (TPSA) is 55.1 Å². The molecule has 4 nitrogen and oxygen atoms in total. The van der Waals surface area contributed by atoms with Crippen molar-refractivity contribution in [3.8, 4) is 0 Å². The summed E-state index contributed by atoms with van der Waals surface area (Å²) in [5.41, 5.74) is 0. The first-order valence-electron chi connectivity index (χ1n) is 4.32. The van der Waals surface area contributed by atoms with E-state index in [-0.39, 0.29) is 6.42 Å². The third-order valence-electron chi connectivity index (χ3n) is 1.90. The zero-order valence-electron chi connectivity index (χ0n) is 7.66. The zero-order chi connectivity index (χ0) is 9.68. The third-order valence-corrected chi connectivity index (χ3v) is 1.90. The summed E-state index contributed by atoms with van der Waals surface area (Å²) in [5.74, 6) is 0.198. The number of carboxylic acid groups (broad SMARTS) is 1. The smallest absolute Gasteiger partial charge is 0.303 e. The summed E-state index contributed by atoms with van der Waals surface area (Å²) in [5, 5.41) is 8.40. The first-order chi connectivity index (χ1) is 6.20. The number of nitrogens with zero attached hydrogens (tertiary/aromatic N) is 2. The maximum Gasteiger partial charge on any atom is 0.303 e. The van der Waals surface area contributed by atoms with Crippen LogP contribution in [-0.2, 0) is 11.3 Å². The Labute approximate surface area is 77.2 Å². The molecular weight excluding hydrogens is 168 g/mol. The summed E-state index contributed by atoms with van der Waals surface area (Å²) < 4.78 is 1.97. The lowest BCUT2D eigenvalue weighted by atomic mass is 10.2. The largest absolute Gasteiger partial charge is 0.481 e. The van der Waals surface area contributed by atoms with Gasteiger partial charge in [-0.05, 0) is 19.8 Å². The molecule has 0 amide bonds. The third kappa shape index (κ3) is 3.27. The quantitative estimate of drug-likeness (QED) is 0.695. The number of aromatic nitrogens is 2. The van der Waals surface area contributed by atoms with Gasteiger partial charge in [-0.2, -0.15) is 0 Å². The van der Waals surface area contributed by atoms with E-state index < -0.39 is 5.97 Å². The molecule has 71 valence electrons. The van der Waals surface area contributed by atoms with Crippen molar-refractivity contribution in [2.75, 3.05) is 0 Å². The number of aryl methyl sites for hydroxylation is 2. The number of imidazole rings is 1. The van der Waals surface area contributed by atoms with Crippen LogP contribution in [0.3, 0.4) is 0 Å². The summed E-state index contributed by atoms with van der Waals surface area (Å²) in [6, 6.07) is 0. The second kappa shape index (κ2) is 4.64. The number of rotatable bonds is 5. The molecule has 1 N–H and O–H groups in total. The Hall–Kier alpha value is -1.32. The minimum absolute atomic E-state index is 0.247. The van der Waals surface area contributed by atoms with Gasteiger partial charge in [-0.15, -0.1) is 0 Å². The average Bonchev–Trinajstić information content (AvgIpc) is 2.45. The van der Waals surface area contributed by atoms with Crippen LogP contribution < -0.4 is 0 Å². The molecule has 0 fully saturated rings. The van der Waals surface area contributed by atoms with Gasteiger partial charge < -0.3 is 9.67 Å². The van der Waals surface area contributed by atoms with Crippen LogP contribution in [-0.4, -0.2) is 20.6 Å². The molecule has 0 saturated carbocycles. The van der Waals surface area contributed by atoms with E-state index in [1.54, 1.807) is 6.20 Å². The van der Waals surface area contributed by atoms with Crippen molar-refractivity contribution in [2.24, 2.45) is 0 Å². The Balaban J connectivity index is 2.20. The van der Waals surface area contributed by atoms with E-state index in [2.05, 4.69) is 11.2 Å². The van der Waals surface area contributed by atoms with E-state index in [9.17, 15) is 4.79 Å². The first kappa shape index (κ1) is 9.77. The van der Waals surface area contributed by atoms with Crippen molar-refractivity contribution in [1.82, 2.24) is 9.55 Å².